The summed E-state index contributed by atoms with van der Waals surface area (Å²) in [7, 11) is 2.07. The molecule has 1 aliphatic heterocycles. The first kappa shape index (κ1) is 16.3. The van der Waals surface area contributed by atoms with E-state index in [1.807, 2.05) is 36.4 Å². The highest BCUT2D eigenvalue weighted by atomic mass is 16.3. The van der Waals surface area contributed by atoms with Crippen LogP contribution in [0.15, 0.2) is 42.5 Å². The van der Waals surface area contributed by atoms with Gasteiger partial charge in [0, 0.05) is 31.5 Å². The van der Waals surface area contributed by atoms with E-state index in [9.17, 15) is 4.79 Å². The van der Waals surface area contributed by atoms with Gasteiger partial charge in [0.1, 0.15) is 0 Å². The largest absolute Gasteiger partial charge is 0.392 e. The van der Waals surface area contributed by atoms with Crippen LogP contribution in [-0.2, 0) is 19.4 Å². The van der Waals surface area contributed by atoms with Gasteiger partial charge in [-0.25, -0.2) is 4.79 Å². The van der Waals surface area contributed by atoms with Crippen LogP contribution in [0.1, 0.15) is 16.7 Å². The van der Waals surface area contributed by atoms with Crippen molar-refractivity contribution < 1.29 is 9.90 Å². The Labute approximate surface area is 142 Å². The number of aliphatic hydroxyl groups is 1. The van der Waals surface area contributed by atoms with E-state index in [4.69, 9.17) is 5.11 Å². The van der Waals surface area contributed by atoms with Gasteiger partial charge < -0.3 is 20.6 Å². The fourth-order valence-corrected chi connectivity index (χ4v) is 2.92. The molecule has 3 rings (SSSR count). The molecule has 0 saturated heterocycles. The van der Waals surface area contributed by atoms with Crippen molar-refractivity contribution in [3.05, 3.63) is 59.2 Å². The molecule has 2 amide bonds. The number of rotatable bonds is 5. The zero-order valence-electron chi connectivity index (χ0n) is 13.9. The van der Waals surface area contributed by atoms with Gasteiger partial charge in [-0.1, -0.05) is 30.3 Å². The van der Waals surface area contributed by atoms with Crippen LogP contribution in [0.25, 0.3) is 0 Å². The summed E-state index contributed by atoms with van der Waals surface area (Å²) in [5, 5.41) is 14.8. The van der Waals surface area contributed by atoms with E-state index in [1.165, 1.54) is 11.3 Å². The molecule has 1 heterocycles. The molecule has 0 atom stereocenters. The maximum atomic E-state index is 12.0. The Morgan fingerprint density at radius 3 is 2.67 bits per heavy atom. The van der Waals surface area contributed by atoms with E-state index in [0.717, 1.165) is 36.2 Å². The molecule has 5 heteroatoms. The fraction of sp³-hybridized carbons (Fsp3) is 0.316. The van der Waals surface area contributed by atoms with Crippen LogP contribution >= 0.6 is 0 Å². The Kier molecular flexibility index (Phi) is 5.01. The monoisotopic (exact) mass is 325 g/mol. The fourth-order valence-electron chi connectivity index (χ4n) is 2.92. The molecule has 0 aliphatic carbocycles. The van der Waals surface area contributed by atoms with Gasteiger partial charge in [-0.3, -0.25) is 0 Å². The van der Waals surface area contributed by atoms with Gasteiger partial charge >= 0.3 is 6.03 Å². The minimum absolute atomic E-state index is 0.0525. The molecule has 0 fully saturated rings. The van der Waals surface area contributed by atoms with E-state index >= 15 is 0 Å². The summed E-state index contributed by atoms with van der Waals surface area (Å²) in [4.78, 5) is 14.2. The molecule has 126 valence electrons. The lowest BCUT2D eigenvalue weighted by atomic mass is 10.1. The van der Waals surface area contributed by atoms with Gasteiger partial charge in [-0.15, -0.1) is 0 Å². The number of aliphatic hydroxyl groups excluding tert-OH is 1. The normalized spacial score (nSPS) is 12.8. The number of anilines is 2. The molecule has 0 bridgehead atoms. The minimum Gasteiger partial charge on any atom is -0.392 e. The van der Waals surface area contributed by atoms with Crippen LogP contribution in [0.2, 0.25) is 0 Å². The Morgan fingerprint density at radius 1 is 1.17 bits per heavy atom. The first-order chi connectivity index (χ1) is 11.7. The molecular formula is C19H23N3O2. The third-order valence-corrected chi connectivity index (χ3v) is 4.38. The maximum Gasteiger partial charge on any atom is 0.319 e. The van der Waals surface area contributed by atoms with Crippen LogP contribution in [-0.4, -0.2) is 31.3 Å². The molecule has 24 heavy (non-hydrogen) atoms. The number of benzene rings is 2. The van der Waals surface area contributed by atoms with Crippen molar-refractivity contribution >= 4 is 17.4 Å². The molecular weight excluding hydrogens is 302 g/mol. The number of likely N-dealkylation sites (N-methyl/N-ethyl adjacent to an activating group) is 1. The number of amides is 2. The smallest absolute Gasteiger partial charge is 0.319 e. The summed E-state index contributed by atoms with van der Waals surface area (Å²) >= 11 is 0. The van der Waals surface area contributed by atoms with Crippen molar-refractivity contribution in [3.8, 4) is 0 Å². The molecule has 2 aromatic rings. The summed E-state index contributed by atoms with van der Waals surface area (Å²) in [6.45, 7) is 1.64. The van der Waals surface area contributed by atoms with E-state index < -0.39 is 0 Å². The van der Waals surface area contributed by atoms with Crippen molar-refractivity contribution in [1.29, 1.82) is 0 Å². The summed E-state index contributed by atoms with van der Waals surface area (Å²) in [5.41, 5.74) is 5.36. The lowest BCUT2D eigenvalue weighted by Crippen LogP contribution is -2.30. The SMILES string of the molecule is CN1CCc2ccc(NC(=O)NCCc3ccc(CO)cc3)cc21. The lowest BCUT2D eigenvalue weighted by molar-refractivity contribution is 0.252. The summed E-state index contributed by atoms with van der Waals surface area (Å²) < 4.78 is 0. The molecule has 3 N–H and O–H groups in total. The first-order valence-corrected chi connectivity index (χ1v) is 8.23. The lowest BCUT2D eigenvalue weighted by Gasteiger charge is -2.14. The highest BCUT2D eigenvalue weighted by molar-refractivity contribution is 5.90. The first-order valence-electron chi connectivity index (χ1n) is 8.23. The molecule has 1 aliphatic rings. The van der Waals surface area contributed by atoms with Crippen molar-refractivity contribution in [2.75, 3.05) is 30.4 Å². The molecule has 0 spiro atoms. The second-order valence-corrected chi connectivity index (χ2v) is 6.12. The van der Waals surface area contributed by atoms with E-state index in [-0.39, 0.29) is 12.6 Å². The number of nitrogens with zero attached hydrogens (tertiary/aromatic N) is 1. The van der Waals surface area contributed by atoms with Crippen LogP contribution in [0.4, 0.5) is 16.2 Å². The van der Waals surface area contributed by atoms with Crippen molar-refractivity contribution in [3.63, 3.8) is 0 Å². The standard InChI is InChI=1S/C19H23N3O2/c1-22-11-9-16-6-7-17(12-18(16)22)21-19(24)20-10-8-14-2-4-15(13-23)5-3-14/h2-7,12,23H,8-11,13H2,1H3,(H2,20,21,24). The number of nitrogens with one attached hydrogen (secondary N) is 2. The maximum absolute atomic E-state index is 12.0. The highest BCUT2D eigenvalue weighted by Crippen LogP contribution is 2.29. The third kappa shape index (κ3) is 3.86. The van der Waals surface area contributed by atoms with Crippen LogP contribution in [0.3, 0.4) is 0 Å². The Hall–Kier alpha value is -2.53. The van der Waals surface area contributed by atoms with Crippen molar-refractivity contribution in [2.45, 2.75) is 19.4 Å². The number of hydrogen-bond acceptors (Lipinski definition) is 3. The van der Waals surface area contributed by atoms with Gasteiger partial charge in [0.15, 0.2) is 0 Å². The zero-order chi connectivity index (χ0) is 16.9. The van der Waals surface area contributed by atoms with Crippen LogP contribution < -0.4 is 15.5 Å². The van der Waals surface area contributed by atoms with Crippen LogP contribution in [0, 0.1) is 0 Å². The zero-order valence-corrected chi connectivity index (χ0v) is 13.9. The predicted molar refractivity (Wildman–Crippen MR) is 96.5 cm³/mol. The Balaban J connectivity index is 1.48. The molecule has 0 aromatic heterocycles. The second kappa shape index (κ2) is 7.36. The van der Waals surface area contributed by atoms with Crippen LogP contribution in [0.5, 0.6) is 0 Å². The average molecular weight is 325 g/mol. The molecule has 0 saturated carbocycles. The topological polar surface area (TPSA) is 64.6 Å². The molecule has 0 radical (unpaired) electrons. The molecule has 5 nitrogen and oxygen atoms in total. The minimum atomic E-state index is -0.192. The number of urea groups is 1. The number of hydrogen-bond donors (Lipinski definition) is 3. The van der Waals surface area contributed by atoms with Gasteiger partial charge in [0.25, 0.3) is 0 Å². The Bertz CT molecular complexity index is 713. The highest BCUT2D eigenvalue weighted by Gasteiger charge is 2.16. The third-order valence-electron chi connectivity index (χ3n) is 4.38. The van der Waals surface area contributed by atoms with Gasteiger partial charge in [-0.2, -0.15) is 0 Å². The van der Waals surface area contributed by atoms with E-state index in [2.05, 4.69) is 28.6 Å². The number of carbonyl (C=O) groups excluding carboxylic acids is 1. The summed E-state index contributed by atoms with van der Waals surface area (Å²) in [6.07, 6.45) is 1.82. The van der Waals surface area contributed by atoms with Crippen molar-refractivity contribution in [2.24, 2.45) is 0 Å². The van der Waals surface area contributed by atoms with Gasteiger partial charge in [0.05, 0.1) is 6.61 Å². The van der Waals surface area contributed by atoms with Gasteiger partial charge in [-0.05, 0) is 41.7 Å². The summed E-state index contributed by atoms with van der Waals surface area (Å²) in [5.74, 6) is 0. The predicted octanol–water partition coefficient (Wildman–Crippen LogP) is 2.54. The average Bonchev–Trinajstić information content (AvgIpc) is 2.96. The van der Waals surface area contributed by atoms with E-state index in [1.54, 1.807) is 0 Å². The number of carbonyl (C=O) groups is 1. The molecule has 0 unspecified atom stereocenters. The second-order valence-electron chi connectivity index (χ2n) is 6.12. The molecule has 2 aromatic carbocycles. The quantitative estimate of drug-likeness (QED) is 0.791. The van der Waals surface area contributed by atoms with E-state index in [0.29, 0.717) is 6.54 Å². The Morgan fingerprint density at radius 2 is 1.92 bits per heavy atom. The number of fused-ring (bicyclic) bond motifs is 1. The van der Waals surface area contributed by atoms with Gasteiger partial charge in [0.2, 0.25) is 0 Å². The summed E-state index contributed by atoms with van der Waals surface area (Å²) in [6, 6.07) is 13.6. The van der Waals surface area contributed by atoms with Crippen molar-refractivity contribution in [1.82, 2.24) is 5.32 Å².